The molecule has 19 heavy (non-hydrogen) atoms. The minimum atomic E-state index is 0.0235. The van der Waals surface area contributed by atoms with Crippen LogP contribution in [0.1, 0.15) is 28.9 Å². The Morgan fingerprint density at radius 2 is 2.26 bits per heavy atom. The van der Waals surface area contributed by atoms with E-state index in [-0.39, 0.29) is 12.0 Å². The van der Waals surface area contributed by atoms with Gasteiger partial charge in [-0.25, -0.2) is 0 Å². The van der Waals surface area contributed by atoms with Gasteiger partial charge in [0.05, 0.1) is 12.7 Å². The molecule has 5 heteroatoms. The molecule has 1 saturated heterocycles. The van der Waals surface area contributed by atoms with E-state index < -0.39 is 0 Å². The van der Waals surface area contributed by atoms with Crippen LogP contribution >= 0.6 is 0 Å². The van der Waals surface area contributed by atoms with Gasteiger partial charge >= 0.3 is 0 Å². The number of hydrogen-bond donors (Lipinski definition) is 1. The molecule has 104 valence electrons. The molecule has 1 aromatic heterocycles. The fourth-order valence-electron chi connectivity index (χ4n) is 2.32. The van der Waals surface area contributed by atoms with Gasteiger partial charge in [0, 0.05) is 25.8 Å². The van der Waals surface area contributed by atoms with Crippen LogP contribution in [0.25, 0.3) is 0 Å². The Labute approximate surface area is 113 Å². The quantitative estimate of drug-likeness (QED) is 0.879. The van der Waals surface area contributed by atoms with E-state index in [1.165, 1.54) is 0 Å². The molecule has 1 fully saturated rings. The lowest BCUT2D eigenvalue weighted by molar-refractivity contribution is 0.0120. The van der Waals surface area contributed by atoms with Crippen molar-refractivity contribution >= 4 is 5.91 Å². The minimum absolute atomic E-state index is 0.0235. The van der Waals surface area contributed by atoms with E-state index in [0.717, 1.165) is 31.5 Å². The standard InChI is InChI=1S/C14H21N3O2/c1-11-3-2-7-16-13(11)14(18)17-8-4-12(5-9-17)19-10-6-15/h2-3,7,12H,4-6,8-10,15H2,1H3. The third kappa shape index (κ3) is 3.52. The Bertz CT molecular complexity index is 428. The number of carbonyl (C=O) groups is 1. The first-order valence-electron chi connectivity index (χ1n) is 6.75. The predicted molar refractivity (Wildman–Crippen MR) is 72.9 cm³/mol. The molecule has 1 aliphatic heterocycles. The van der Waals surface area contributed by atoms with Crippen molar-refractivity contribution in [2.75, 3.05) is 26.2 Å². The van der Waals surface area contributed by atoms with Crippen LogP contribution in [0.5, 0.6) is 0 Å². The molecule has 0 spiro atoms. The maximum atomic E-state index is 12.3. The van der Waals surface area contributed by atoms with Crippen molar-refractivity contribution in [2.24, 2.45) is 5.73 Å². The van der Waals surface area contributed by atoms with Crippen molar-refractivity contribution in [2.45, 2.75) is 25.9 Å². The SMILES string of the molecule is Cc1cccnc1C(=O)N1CCC(OCCN)CC1. The van der Waals surface area contributed by atoms with Crippen LogP contribution in [-0.2, 0) is 4.74 Å². The monoisotopic (exact) mass is 263 g/mol. The average Bonchev–Trinajstić information content (AvgIpc) is 2.45. The lowest BCUT2D eigenvalue weighted by atomic mass is 10.1. The van der Waals surface area contributed by atoms with Crippen molar-refractivity contribution in [1.82, 2.24) is 9.88 Å². The van der Waals surface area contributed by atoms with Crippen molar-refractivity contribution in [3.8, 4) is 0 Å². The summed E-state index contributed by atoms with van der Waals surface area (Å²) in [6.45, 7) is 4.51. The molecule has 2 heterocycles. The highest BCUT2D eigenvalue weighted by Gasteiger charge is 2.25. The summed E-state index contributed by atoms with van der Waals surface area (Å²) in [6.07, 6.45) is 3.64. The molecular weight excluding hydrogens is 242 g/mol. The molecule has 0 bridgehead atoms. The van der Waals surface area contributed by atoms with Crippen molar-refractivity contribution < 1.29 is 9.53 Å². The number of hydrogen-bond acceptors (Lipinski definition) is 4. The van der Waals surface area contributed by atoms with Gasteiger partial charge in [-0.3, -0.25) is 9.78 Å². The van der Waals surface area contributed by atoms with Crippen molar-refractivity contribution in [1.29, 1.82) is 0 Å². The topological polar surface area (TPSA) is 68.5 Å². The lowest BCUT2D eigenvalue weighted by Gasteiger charge is -2.31. The number of likely N-dealkylation sites (tertiary alicyclic amines) is 1. The molecule has 0 aliphatic carbocycles. The maximum absolute atomic E-state index is 12.3. The number of aryl methyl sites for hydroxylation is 1. The van der Waals surface area contributed by atoms with E-state index in [4.69, 9.17) is 10.5 Å². The van der Waals surface area contributed by atoms with Gasteiger partial charge in [0.1, 0.15) is 5.69 Å². The van der Waals surface area contributed by atoms with Gasteiger partial charge in [-0.15, -0.1) is 0 Å². The third-order valence-electron chi connectivity index (χ3n) is 3.41. The molecule has 0 aromatic carbocycles. The second-order valence-electron chi connectivity index (χ2n) is 4.82. The zero-order chi connectivity index (χ0) is 13.7. The number of piperidine rings is 1. The normalized spacial score (nSPS) is 16.6. The largest absolute Gasteiger partial charge is 0.377 e. The summed E-state index contributed by atoms with van der Waals surface area (Å²) in [5.41, 5.74) is 6.90. The number of nitrogens with zero attached hydrogens (tertiary/aromatic N) is 2. The van der Waals surface area contributed by atoms with Gasteiger partial charge in [-0.1, -0.05) is 6.07 Å². The molecule has 0 atom stereocenters. The van der Waals surface area contributed by atoms with Gasteiger partial charge in [-0.2, -0.15) is 0 Å². The molecule has 0 radical (unpaired) electrons. The second-order valence-corrected chi connectivity index (χ2v) is 4.82. The Morgan fingerprint density at radius 3 is 2.89 bits per heavy atom. The van der Waals surface area contributed by atoms with Crippen LogP contribution in [0, 0.1) is 6.92 Å². The highest BCUT2D eigenvalue weighted by molar-refractivity contribution is 5.93. The number of amides is 1. The minimum Gasteiger partial charge on any atom is -0.377 e. The number of aromatic nitrogens is 1. The van der Waals surface area contributed by atoms with Crippen LogP contribution in [0.2, 0.25) is 0 Å². The highest BCUT2D eigenvalue weighted by Crippen LogP contribution is 2.16. The molecule has 5 nitrogen and oxygen atoms in total. The molecule has 1 aliphatic rings. The number of nitrogens with two attached hydrogens (primary N) is 1. The summed E-state index contributed by atoms with van der Waals surface area (Å²) in [7, 11) is 0. The van der Waals surface area contributed by atoms with Crippen molar-refractivity contribution in [3.05, 3.63) is 29.6 Å². The number of pyridine rings is 1. The molecule has 2 N–H and O–H groups in total. The Balaban J connectivity index is 1.91. The fourth-order valence-corrected chi connectivity index (χ4v) is 2.32. The van der Waals surface area contributed by atoms with Crippen LogP contribution in [-0.4, -0.2) is 48.1 Å². The highest BCUT2D eigenvalue weighted by atomic mass is 16.5. The third-order valence-corrected chi connectivity index (χ3v) is 3.41. The number of rotatable bonds is 4. The number of carbonyl (C=O) groups excluding carboxylic acids is 1. The molecule has 0 saturated carbocycles. The van der Waals surface area contributed by atoms with Gasteiger partial charge in [0.15, 0.2) is 0 Å². The van der Waals surface area contributed by atoms with E-state index in [2.05, 4.69) is 4.98 Å². The first kappa shape index (κ1) is 14.0. The fraction of sp³-hybridized carbons (Fsp3) is 0.571. The summed E-state index contributed by atoms with van der Waals surface area (Å²) >= 11 is 0. The first-order valence-corrected chi connectivity index (χ1v) is 6.75. The van der Waals surface area contributed by atoms with Gasteiger partial charge < -0.3 is 15.4 Å². The van der Waals surface area contributed by atoms with Crippen LogP contribution in [0.3, 0.4) is 0 Å². The van der Waals surface area contributed by atoms with Crippen LogP contribution in [0.15, 0.2) is 18.3 Å². The maximum Gasteiger partial charge on any atom is 0.272 e. The van der Waals surface area contributed by atoms with Gasteiger partial charge in [0.25, 0.3) is 5.91 Å². The first-order chi connectivity index (χ1) is 9.22. The van der Waals surface area contributed by atoms with E-state index in [0.29, 0.717) is 18.8 Å². The van der Waals surface area contributed by atoms with Crippen molar-refractivity contribution in [3.63, 3.8) is 0 Å². The second kappa shape index (κ2) is 6.63. The van der Waals surface area contributed by atoms with E-state index in [1.54, 1.807) is 6.20 Å². The molecule has 0 unspecified atom stereocenters. The van der Waals surface area contributed by atoms with Crippen LogP contribution < -0.4 is 5.73 Å². The zero-order valence-electron chi connectivity index (χ0n) is 11.3. The molecular formula is C14H21N3O2. The smallest absolute Gasteiger partial charge is 0.272 e. The predicted octanol–water partition coefficient (Wildman–Crippen LogP) is 0.970. The Hall–Kier alpha value is -1.46. The molecule has 1 aromatic rings. The summed E-state index contributed by atoms with van der Waals surface area (Å²) in [5, 5.41) is 0. The zero-order valence-corrected chi connectivity index (χ0v) is 11.3. The lowest BCUT2D eigenvalue weighted by Crippen LogP contribution is -2.41. The Kier molecular flexibility index (Phi) is 4.87. The van der Waals surface area contributed by atoms with Gasteiger partial charge in [0.2, 0.25) is 0 Å². The summed E-state index contributed by atoms with van der Waals surface area (Å²) in [4.78, 5) is 18.4. The van der Waals surface area contributed by atoms with E-state index in [9.17, 15) is 4.79 Å². The average molecular weight is 263 g/mol. The summed E-state index contributed by atoms with van der Waals surface area (Å²) in [6, 6.07) is 3.76. The van der Waals surface area contributed by atoms with Crippen LogP contribution in [0.4, 0.5) is 0 Å². The Morgan fingerprint density at radius 1 is 1.53 bits per heavy atom. The van der Waals surface area contributed by atoms with E-state index in [1.807, 2.05) is 24.0 Å². The number of ether oxygens (including phenoxy) is 1. The van der Waals surface area contributed by atoms with E-state index >= 15 is 0 Å². The van der Waals surface area contributed by atoms with Gasteiger partial charge in [-0.05, 0) is 31.4 Å². The summed E-state index contributed by atoms with van der Waals surface area (Å²) < 4.78 is 5.61. The summed E-state index contributed by atoms with van der Waals surface area (Å²) in [5.74, 6) is 0.0235. The molecule has 2 rings (SSSR count). The molecule has 1 amide bonds.